The molecule has 1 aromatic rings. The third kappa shape index (κ3) is 1.69. The molecule has 98 valence electrons. The summed E-state index contributed by atoms with van der Waals surface area (Å²) < 4.78 is 11.7. The third-order valence-electron chi connectivity index (χ3n) is 3.87. The van der Waals surface area contributed by atoms with Gasteiger partial charge in [0.2, 0.25) is 0 Å². The van der Waals surface area contributed by atoms with Crippen molar-refractivity contribution in [3.8, 4) is 11.5 Å². The Morgan fingerprint density at radius 3 is 2.39 bits per heavy atom. The Morgan fingerprint density at radius 2 is 1.89 bits per heavy atom. The van der Waals surface area contributed by atoms with Crippen LogP contribution in [0.2, 0.25) is 5.02 Å². The molecule has 0 aromatic heterocycles. The summed E-state index contributed by atoms with van der Waals surface area (Å²) in [5.41, 5.74) is 0.510. The second-order valence-corrected chi connectivity index (χ2v) is 6.20. The average Bonchev–Trinajstić information content (AvgIpc) is 2.66. The van der Waals surface area contributed by atoms with E-state index < -0.39 is 5.79 Å². The molecule has 0 amide bonds. The van der Waals surface area contributed by atoms with E-state index in [9.17, 15) is 5.11 Å². The number of ether oxygens (including phenoxy) is 2. The molecular weight excluding hydrogens is 252 g/mol. The Balaban J connectivity index is 2.00. The van der Waals surface area contributed by atoms with Gasteiger partial charge in [0.1, 0.15) is 0 Å². The average molecular weight is 269 g/mol. The maximum Gasteiger partial charge on any atom is 0.251 e. The number of benzene rings is 1. The number of hydrogen-bond donors (Lipinski definition) is 1. The van der Waals surface area contributed by atoms with E-state index in [1.165, 1.54) is 0 Å². The Morgan fingerprint density at radius 1 is 1.28 bits per heavy atom. The summed E-state index contributed by atoms with van der Waals surface area (Å²) >= 11 is 6.28. The number of fused-ring (bicyclic) bond motifs is 1. The van der Waals surface area contributed by atoms with Crippen LogP contribution in [0.25, 0.3) is 0 Å². The van der Waals surface area contributed by atoms with E-state index in [2.05, 4.69) is 0 Å². The highest BCUT2D eigenvalue weighted by Crippen LogP contribution is 2.50. The zero-order chi connectivity index (χ0) is 13.0. The number of hydrogen-bond acceptors (Lipinski definition) is 3. The minimum absolute atomic E-state index is 0.0392. The minimum atomic E-state index is -0.437. The summed E-state index contributed by atoms with van der Waals surface area (Å²) in [6.07, 6.45) is 2.99. The summed E-state index contributed by atoms with van der Waals surface area (Å²) in [7, 11) is 0. The van der Waals surface area contributed by atoms with Crippen molar-refractivity contribution in [2.45, 2.75) is 44.3 Å². The number of aliphatic hydroxyl groups is 1. The topological polar surface area (TPSA) is 38.7 Å². The third-order valence-corrected chi connectivity index (χ3v) is 4.18. The van der Waals surface area contributed by atoms with Crippen molar-refractivity contribution in [1.82, 2.24) is 0 Å². The first-order chi connectivity index (χ1) is 8.46. The molecule has 1 heterocycles. The molecular formula is C14H17ClO3. The van der Waals surface area contributed by atoms with E-state index in [4.69, 9.17) is 21.1 Å². The van der Waals surface area contributed by atoms with E-state index in [-0.39, 0.29) is 12.0 Å². The maximum atomic E-state index is 9.45. The lowest BCUT2D eigenvalue weighted by Gasteiger charge is -2.35. The van der Waals surface area contributed by atoms with Crippen LogP contribution in [0.5, 0.6) is 11.5 Å². The fraction of sp³-hybridized carbons (Fsp3) is 0.571. The summed E-state index contributed by atoms with van der Waals surface area (Å²) in [6.45, 7) is 3.95. The van der Waals surface area contributed by atoms with Gasteiger partial charge in [-0.25, -0.2) is 0 Å². The number of aliphatic hydroxyl groups excluding tert-OH is 1. The molecule has 4 heteroatoms. The van der Waals surface area contributed by atoms with Crippen LogP contribution in [0.1, 0.15) is 38.7 Å². The van der Waals surface area contributed by atoms with Crippen molar-refractivity contribution in [3.63, 3.8) is 0 Å². The summed E-state index contributed by atoms with van der Waals surface area (Å²) in [4.78, 5) is 0. The number of halogens is 1. The van der Waals surface area contributed by atoms with Crippen molar-refractivity contribution in [3.05, 3.63) is 22.7 Å². The molecule has 0 unspecified atom stereocenters. The van der Waals surface area contributed by atoms with Crippen molar-refractivity contribution in [2.75, 3.05) is 6.61 Å². The van der Waals surface area contributed by atoms with Gasteiger partial charge in [0, 0.05) is 29.3 Å². The van der Waals surface area contributed by atoms with Crippen LogP contribution in [0.4, 0.5) is 0 Å². The molecule has 1 spiro atoms. The van der Waals surface area contributed by atoms with Crippen LogP contribution in [0.3, 0.4) is 0 Å². The van der Waals surface area contributed by atoms with Crippen LogP contribution < -0.4 is 9.47 Å². The van der Waals surface area contributed by atoms with Gasteiger partial charge in [0.15, 0.2) is 11.5 Å². The fourth-order valence-electron chi connectivity index (χ4n) is 2.39. The monoisotopic (exact) mass is 268 g/mol. The van der Waals surface area contributed by atoms with Gasteiger partial charge in [-0.05, 0) is 18.1 Å². The van der Waals surface area contributed by atoms with E-state index in [0.29, 0.717) is 5.02 Å². The predicted octanol–water partition coefficient (Wildman–Crippen LogP) is 3.26. The molecule has 0 saturated heterocycles. The highest BCUT2D eigenvalue weighted by Gasteiger charge is 2.47. The van der Waals surface area contributed by atoms with Gasteiger partial charge >= 0.3 is 0 Å². The molecule has 1 aliphatic heterocycles. The van der Waals surface area contributed by atoms with Gasteiger partial charge in [-0.1, -0.05) is 25.4 Å². The minimum Gasteiger partial charge on any atom is -0.448 e. The van der Waals surface area contributed by atoms with Gasteiger partial charge in [-0.3, -0.25) is 0 Å². The predicted molar refractivity (Wildman–Crippen MR) is 69.4 cm³/mol. The van der Waals surface area contributed by atoms with Crippen LogP contribution in [-0.2, 0) is 5.41 Å². The second-order valence-electron chi connectivity index (χ2n) is 5.79. The van der Waals surface area contributed by atoms with E-state index >= 15 is 0 Å². The molecule has 1 saturated carbocycles. The lowest BCUT2D eigenvalue weighted by molar-refractivity contribution is -0.138. The van der Waals surface area contributed by atoms with Crippen LogP contribution in [0, 0.1) is 0 Å². The molecule has 1 aromatic carbocycles. The molecule has 1 N–H and O–H groups in total. The fourth-order valence-corrected chi connectivity index (χ4v) is 2.80. The zero-order valence-electron chi connectivity index (χ0n) is 10.6. The van der Waals surface area contributed by atoms with Gasteiger partial charge < -0.3 is 14.6 Å². The van der Waals surface area contributed by atoms with E-state index in [1.807, 2.05) is 19.9 Å². The van der Waals surface area contributed by atoms with Gasteiger partial charge in [0.05, 0.1) is 6.61 Å². The van der Waals surface area contributed by atoms with Crippen molar-refractivity contribution in [1.29, 1.82) is 0 Å². The molecule has 2 aliphatic rings. The summed E-state index contributed by atoms with van der Waals surface area (Å²) in [5, 5.41) is 10.1. The lowest BCUT2D eigenvalue weighted by Crippen LogP contribution is -2.45. The van der Waals surface area contributed by atoms with Gasteiger partial charge in [-0.2, -0.15) is 0 Å². The molecule has 1 fully saturated rings. The second kappa shape index (κ2) is 3.78. The van der Waals surface area contributed by atoms with Gasteiger partial charge in [-0.15, -0.1) is 0 Å². The first kappa shape index (κ1) is 12.1. The molecule has 3 rings (SSSR count). The lowest BCUT2D eigenvalue weighted by atomic mass is 9.85. The number of rotatable bonds is 2. The summed E-state index contributed by atoms with van der Waals surface area (Å²) in [6, 6.07) is 3.71. The Kier molecular flexibility index (Phi) is 2.55. The van der Waals surface area contributed by atoms with Crippen molar-refractivity contribution >= 4 is 11.6 Å². The van der Waals surface area contributed by atoms with Crippen molar-refractivity contribution < 1.29 is 14.6 Å². The highest BCUT2D eigenvalue weighted by molar-refractivity contribution is 6.31. The SMILES string of the molecule is CC(C)(CO)c1cc2c(cc1Cl)OC1(CCC1)O2. The highest BCUT2D eigenvalue weighted by atomic mass is 35.5. The molecule has 1 aliphatic carbocycles. The maximum absolute atomic E-state index is 9.45. The van der Waals surface area contributed by atoms with Crippen LogP contribution in [0.15, 0.2) is 12.1 Å². The Hall–Kier alpha value is -0.930. The normalized spacial score (nSPS) is 20.0. The quantitative estimate of drug-likeness (QED) is 0.895. The molecule has 3 nitrogen and oxygen atoms in total. The zero-order valence-corrected chi connectivity index (χ0v) is 11.4. The molecule has 0 atom stereocenters. The largest absolute Gasteiger partial charge is 0.448 e. The molecule has 18 heavy (non-hydrogen) atoms. The molecule has 0 radical (unpaired) electrons. The van der Waals surface area contributed by atoms with Crippen molar-refractivity contribution in [2.24, 2.45) is 0 Å². The molecule has 0 bridgehead atoms. The first-order valence-electron chi connectivity index (χ1n) is 6.29. The van der Waals surface area contributed by atoms with Crippen LogP contribution in [-0.4, -0.2) is 17.5 Å². The smallest absolute Gasteiger partial charge is 0.251 e. The van der Waals surface area contributed by atoms with E-state index in [1.54, 1.807) is 6.07 Å². The Labute approximate surface area is 112 Å². The Bertz CT molecular complexity index is 492. The first-order valence-corrected chi connectivity index (χ1v) is 6.67. The standard InChI is InChI=1S/C14H17ClO3/c1-13(2,8-16)9-6-11-12(7-10(9)15)18-14(17-11)4-3-5-14/h6-7,16H,3-5,8H2,1-2H3. The van der Waals surface area contributed by atoms with Crippen LogP contribution >= 0.6 is 11.6 Å². The summed E-state index contributed by atoms with van der Waals surface area (Å²) in [5.74, 6) is 1.03. The van der Waals surface area contributed by atoms with Gasteiger partial charge in [0.25, 0.3) is 5.79 Å². The van der Waals surface area contributed by atoms with E-state index in [0.717, 1.165) is 36.3 Å².